The molecule has 1 aromatic carbocycles. The van der Waals surface area contributed by atoms with Crippen LogP contribution in [0.15, 0.2) is 46.7 Å². The van der Waals surface area contributed by atoms with Crippen LogP contribution in [0.1, 0.15) is 22.9 Å². The number of rotatable bonds is 7. The van der Waals surface area contributed by atoms with Gasteiger partial charge in [0.2, 0.25) is 0 Å². The molecule has 3 N–H and O–H groups in total. The van der Waals surface area contributed by atoms with Crippen LogP contribution in [0, 0.1) is 0 Å². The van der Waals surface area contributed by atoms with Gasteiger partial charge < -0.3 is 15.8 Å². The van der Waals surface area contributed by atoms with E-state index < -0.39 is 18.0 Å². The van der Waals surface area contributed by atoms with Crippen LogP contribution in [0.2, 0.25) is 5.15 Å². The smallest absolute Gasteiger partial charge is 0.312 e. The number of nitrogens with two attached hydrogens (primary N) is 1. The fourth-order valence-electron chi connectivity index (χ4n) is 2.66. The third-order valence-corrected chi connectivity index (χ3v) is 6.05. The van der Waals surface area contributed by atoms with Gasteiger partial charge in [-0.25, -0.2) is 9.78 Å². The Bertz CT molecular complexity index is 996. The number of hydrogen-bond donors (Lipinski definition) is 2. The van der Waals surface area contributed by atoms with Crippen molar-refractivity contribution in [2.24, 2.45) is 5.73 Å². The van der Waals surface area contributed by atoms with Crippen molar-refractivity contribution in [3.8, 4) is 0 Å². The van der Waals surface area contributed by atoms with Crippen LogP contribution in [-0.2, 0) is 16.1 Å². The third kappa shape index (κ3) is 5.15. The SMILES string of the molecule is CSc1ccc2cc(COC(=O)CC(NC(N)=O)c3cccs3)c(Cl)nc2c1. The molecule has 0 saturated heterocycles. The molecule has 1 unspecified atom stereocenters. The van der Waals surface area contributed by atoms with Crippen LogP contribution in [0.4, 0.5) is 4.79 Å². The van der Waals surface area contributed by atoms with Gasteiger partial charge in [0.05, 0.1) is 18.0 Å². The first-order valence-corrected chi connectivity index (χ1v) is 10.8. The normalized spacial score (nSPS) is 11.9. The summed E-state index contributed by atoms with van der Waals surface area (Å²) in [6, 6.07) is 10.2. The Hall–Kier alpha value is -2.29. The highest BCUT2D eigenvalue weighted by molar-refractivity contribution is 7.98. The van der Waals surface area contributed by atoms with Crippen molar-refractivity contribution >= 4 is 57.6 Å². The summed E-state index contributed by atoms with van der Waals surface area (Å²) >= 11 is 9.31. The second-order valence-electron chi connectivity index (χ2n) is 5.94. The number of halogens is 1. The van der Waals surface area contributed by atoms with Gasteiger partial charge in [0.15, 0.2) is 0 Å². The average Bonchev–Trinajstić information content (AvgIpc) is 3.19. The molecule has 1 atom stereocenters. The highest BCUT2D eigenvalue weighted by Gasteiger charge is 2.20. The zero-order valence-corrected chi connectivity index (χ0v) is 17.4. The zero-order valence-electron chi connectivity index (χ0n) is 15.0. The highest BCUT2D eigenvalue weighted by Crippen LogP contribution is 2.26. The number of nitrogens with one attached hydrogen (secondary N) is 1. The first-order valence-electron chi connectivity index (χ1n) is 8.34. The largest absolute Gasteiger partial charge is 0.461 e. The molecule has 3 rings (SSSR count). The number of ether oxygens (including phenoxy) is 1. The molecule has 2 aromatic heterocycles. The summed E-state index contributed by atoms with van der Waals surface area (Å²) in [7, 11) is 0. The third-order valence-electron chi connectivity index (χ3n) is 4.01. The topological polar surface area (TPSA) is 94.3 Å². The lowest BCUT2D eigenvalue weighted by molar-refractivity contribution is -0.145. The van der Waals surface area contributed by atoms with E-state index in [1.165, 1.54) is 11.3 Å². The summed E-state index contributed by atoms with van der Waals surface area (Å²) in [4.78, 5) is 29.8. The molecule has 0 saturated carbocycles. The number of primary amides is 1. The minimum Gasteiger partial charge on any atom is -0.461 e. The Morgan fingerprint density at radius 1 is 1.36 bits per heavy atom. The zero-order chi connectivity index (χ0) is 20.1. The minimum absolute atomic E-state index is 0.00137. The highest BCUT2D eigenvalue weighted by atomic mass is 35.5. The molecule has 0 fully saturated rings. The predicted molar refractivity (Wildman–Crippen MR) is 113 cm³/mol. The first kappa shape index (κ1) is 20.4. The lowest BCUT2D eigenvalue weighted by Crippen LogP contribution is -2.34. The minimum atomic E-state index is -0.697. The molecule has 28 heavy (non-hydrogen) atoms. The molecule has 0 aliphatic heterocycles. The molecule has 0 aliphatic rings. The van der Waals surface area contributed by atoms with Crippen molar-refractivity contribution in [2.75, 3.05) is 6.26 Å². The van der Waals surface area contributed by atoms with Gasteiger partial charge in [0.1, 0.15) is 11.8 Å². The molecule has 2 amide bonds. The Balaban J connectivity index is 1.68. The van der Waals surface area contributed by atoms with E-state index in [0.717, 1.165) is 20.7 Å². The molecule has 0 aliphatic carbocycles. The van der Waals surface area contributed by atoms with E-state index in [1.54, 1.807) is 11.8 Å². The summed E-state index contributed by atoms with van der Waals surface area (Å²) in [5, 5.41) is 5.64. The summed E-state index contributed by atoms with van der Waals surface area (Å²) in [6.45, 7) is -0.00137. The molecule has 0 radical (unpaired) electrons. The molecule has 0 bridgehead atoms. The number of thioether (sulfide) groups is 1. The van der Waals surface area contributed by atoms with E-state index in [0.29, 0.717) is 10.7 Å². The van der Waals surface area contributed by atoms with Gasteiger partial charge in [-0.3, -0.25) is 4.79 Å². The van der Waals surface area contributed by atoms with Gasteiger partial charge in [-0.15, -0.1) is 23.1 Å². The Morgan fingerprint density at radius 3 is 2.86 bits per heavy atom. The van der Waals surface area contributed by atoms with E-state index >= 15 is 0 Å². The number of urea groups is 1. The Morgan fingerprint density at radius 2 is 2.18 bits per heavy atom. The molecule has 9 heteroatoms. The van der Waals surface area contributed by atoms with Crippen molar-refractivity contribution in [3.63, 3.8) is 0 Å². The first-order chi connectivity index (χ1) is 13.5. The van der Waals surface area contributed by atoms with Crippen LogP contribution in [-0.4, -0.2) is 23.2 Å². The molecule has 6 nitrogen and oxygen atoms in total. The second kappa shape index (κ2) is 9.27. The van der Waals surface area contributed by atoms with Gasteiger partial charge in [0, 0.05) is 20.7 Å². The predicted octanol–water partition coefficient (Wildman–Crippen LogP) is 4.51. The summed E-state index contributed by atoms with van der Waals surface area (Å²) in [6.07, 6.45) is 1.96. The van der Waals surface area contributed by atoms with Crippen LogP contribution in [0.5, 0.6) is 0 Å². The number of carbonyl (C=O) groups is 2. The molecule has 2 heterocycles. The van der Waals surface area contributed by atoms with Gasteiger partial charge >= 0.3 is 12.0 Å². The second-order valence-corrected chi connectivity index (χ2v) is 8.16. The Kier molecular flexibility index (Phi) is 6.77. The van der Waals surface area contributed by atoms with Gasteiger partial charge in [0.25, 0.3) is 0 Å². The number of hydrogen-bond acceptors (Lipinski definition) is 6. The summed E-state index contributed by atoms with van der Waals surface area (Å²) in [5.74, 6) is -0.471. The van der Waals surface area contributed by atoms with Crippen molar-refractivity contribution in [1.29, 1.82) is 0 Å². The van der Waals surface area contributed by atoms with E-state index in [1.807, 2.05) is 48.0 Å². The van der Waals surface area contributed by atoms with E-state index in [4.69, 9.17) is 22.1 Å². The number of benzene rings is 1. The summed E-state index contributed by atoms with van der Waals surface area (Å²) in [5.41, 5.74) is 6.62. The number of aromatic nitrogens is 1. The molecule has 0 spiro atoms. The average molecular weight is 436 g/mol. The van der Waals surface area contributed by atoms with E-state index in [-0.39, 0.29) is 13.0 Å². The number of fused-ring (bicyclic) bond motifs is 1. The van der Waals surface area contributed by atoms with Crippen LogP contribution >= 0.6 is 34.7 Å². The number of pyridine rings is 1. The van der Waals surface area contributed by atoms with Gasteiger partial charge in [-0.2, -0.15) is 0 Å². The molecular weight excluding hydrogens is 418 g/mol. The van der Waals surface area contributed by atoms with E-state index in [9.17, 15) is 9.59 Å². The lowest BCUT2D eigenvalue weighted by Gasteiger charge is -2.15. The van der Waals surface area contributed by atoms with Crippen LogP contribution in [0.25, 0.3) is 10.9 Å². The van der Waals surface area contributed by atoms with Gasteiger partial charge in [-0.05, 0) is 35.9 Å². The van der Waals surface area contributed by atoms with Crippen LogP contribution < -0.4 is 11.1 Å². The maximum Gasteiger partial charge on any atom is 0.312 e. The monoisotopic (exact) mass is 435 g/mol. The maximum atomic E-state index is 12.3. The fraction of sp³-hybridized carbons (Fsp3) is 0.211. The summed E-state index contributed by atoms with van der Waals surface area (Å²) < 4.78 is 5.36. The lowest BCUT2D eigenvalue weighted by atomic mass is 10.1. The standard InChI is InChI=1S/C19H18ClN3O3S2/c1-27-13-5-4-11-7-12(18(20)22-14(11)8-13)10-26-17(24)9-15(23-19(21)25)16-3-2-6-28-16/h2-8,15H,9-10H2,1H3,(H3,21,23,25). The number of amides is 2. The number of nitrogens with zero attached hydrogens (tertiary/aromatic N) is 1. The molecule has 3 aromatic rings. The molecule has 146 valence electrons. The van der Waals surface area contributed by atoms with Crippen molar-refractivity contribution in [2.45, 2.75) is 24.0 Å². The maximum absolute atomic E-state index is 12.3. The number of carbonyl (C=O) groups excluding carboxylic acids is 2. The quantitative estimate of drug-likeness (QED) is 0.323. The number of esters is 1. The van der Waals surface area contributed by atoms with Gasteiger partial charge in [-0.1, -0.05) is 23.7 Å². The van der Waals surface area contributed by atoms with Crippen molar-refractivity contribution < 1.29 is 14.3 Å². The van der Waals surface area contributed by atoms with Crippen LogP contribution in [0.3, 0.4) is 0 Å². The van der Waals surface area contributed by atoms with Crippen molar-refractivity contribution in [1.82, 2.24) is 10.3 Å². The van der Waals surface area contributed by atoms with Crippen molar-refractivity contribution in [3.05, 3.63) is 57.4 Å². The molecular formula is C19H18ClN3O3S2. The Labute approximate surface area is 175 Å². The number of thiophene rings is 1. The van der Waals surface area contributed by atoms with E-state index in [2.05, 4.69) is 10.3 Å². The fourth-order valence-corrected chi connectivity index (χ4v) is 4.07.